The zero-order valence-electron chi connectivity index (χ0n) is 12.7. The molecule has 0 aliphatic carbocycles. The summed E-state index contributed by atoms with van der Waals surface area (Å²) in [6.07, 6.45) is 0. The maximum Gasteiger partial charge on any atom is 0.242 e. The van der Waals surface area contributed by atoms with Crippen LogP contribution in [0.2, 0.25) is 5.02 Å². The largest absolute Gasteiger partial charge is 0.396 e. The van der Waals surface area contributed by atoms with E-state index in [0.717, 1.165) is 12.1 Å². The van der Waals surface area contributed by atoms with E-state index >= 15 is 0 Å². The van der Waals surface area contributed by atoms with Gasteiger partial charge in [-0.15, -0.1) is 0 Å². The second-order valence-corrected chi connectivity index (χ2v) is 7.95. The maximum absolute atomic E-state index is 13.2. The molecule has 0 saturated heterocycles. The van der Waals surface area contributed by atoms with Gasteiger partial charge in [-0.3, -0.25) is 0 Å². The molecule has 0 spiro atoms. The number of anilines is 1. The first-order chi connectivity index (χ1) is 9.56. The van der Waals surface area contributed by atoms with E-state index in [1.165, 1.54) is 0 Å². The maximum atomic E-state index is 13.2. The van der Waals surface area contributed by atoms with Gasteiger partial charge in [-0.25, -0.2) is 17.5 Å². The summed E-state index contributed by atoms with van der Waals surface area (Å²) in [5, 5.41) is -0.181. The highest BCUT2D eigenvalue weighted by molar-refractivity contribution is 7.89. The van der Waals surface area contributed by atoms with Gasteiger partial charge >= 0.3 is 0 Å². The molecule has 0 radical (unpaired) electrons. The number of rotatable bonds is 6. The fourth-order valence-corrected chi connectivity index (χ4v) is 3.90. The number of nitrogen functional groups attached to an aromatic ring is 1. The van der Waals surface area contributed by atoms with Gasteiger partial charge in [0.2, 0.25) is 10.0 Å². The number of nitrogens with one attached hydrogen (secondary N) is 1. The van der Waals surface area contributed by atoms with Crippen molar-refractivity contribution in [1.29, 1.82) is 0 Å². The summed E-state index contributed by atoms with van der Waals surface area (Å²) in [6.45, 7) is 8.47. The first-order valence-electron chi connectivity index (χ1n) is 6.80. The second kappa shape index (κ2) is 6.94. The number of halogens is 2. The lowest BCUT2D eigenvalue weighted by Crippen LogP contribution is -2.34. The van der Waals surface area contributed by atoms with Crippen LogP contribution in [-0.2, 0) is 10.0 Å². The predicted octanol–water partition coefficient (Wildman–Crippen LogP) is 3.27. The Morgan fingerprint density at radius 2 is 1.76 bits per heavy atom. The van der Waals surface area contributed by atoms with Crippen LogP contribution in [0.5, 0.6) is 0 Å². The first kappa shape index (κ1) is 18.2. The third kappa shape index (κ3) is 4.56. The van der Waals surface area contributed by atoms with Gasteiger partial charge in [-0.1, -0.05) is 39.3 Å². The van der Waals surface area contributed by atoms with E-state index in [2.05, 4.69) is 4.72 Å². The summed E-state index contributed by atoms with van der Waals surface area (Å²) in [6, 6.07) is 1.95. The summed E-state index contributed by atoms with van der Waals surface area (Å²) in [4.78, 5) is -0.200. The van der Waals surface area contributed by atoms with Gasteiger partial charge in [0, 0.05) is 6.54 Å². The van der Waals surface area contributed by atoms with Gasteiger partial charge in [0.05, 0.1) is 10.7 Å². The Morgan fingerprint density at radius 1 is 1.24 bits per heavy atom. The first-order valence-corrected chi connectivity index (χ1v) is 8.66. The molecule has 0 aromatic heterocycles. The molecule has 0 unspecified atom stereocenters. The van der Waals surface area contributed by atoms with Crippen LogP contribution < -0.4 is 10.5 Å². The number of hydrogen-bond donors (Lipinski definition) is 2. The van der Waals surface area contributed by atoms with E-state index in [-0.39, 0.29) is 21.5 Å². The summed E-state index contributed by atoms with van der Waals surface area (Å²) in [5.41, 5.74) is 5.17. The minimum absolute atomic E-state index is 0.181. The highest BCUT2D eigenvalue weighted by Gasteiger charge is 2.24. The third-order valence-corrected chi connectivity index (χ3v) is 5.45. The van der Waals surface area contributed by atoms with E-state index in [4.69, 9.17) is 17.3 Å². The van der Waals surface area contributed by atoms with Crippen molar-refractivity contribution in [2.45, 2.75) is 32.6 Å². The summed E-state index contributed by atoms with van der Waals surface area (Å²) >= 11 is 5.81. The van der Waals surface area contributed by atoms with Gasteiger partial charge in [-0.2, -0.15) is 0 Å². The number of benzene rings is 1. The Hall–Kier alpha value is -0.850. The lowest BCUT2D eigenvalue weighted by molar-refractivity contribution is 0.289. The second-order valence-electron chi connectivity index (χ2n) is 5.81. The highest BCUT2D eigenvalue weighted by Crippen LogP contribution is 2.27. The Balaban J connectivity index is 3.00. The van der Waals surface area contributed by atoms with E-state index < -0.39 is 15.8 Å². The molecule has 3 N–H and O–H groups in total. The molecule has 0 saturated carbocycles. The topological polar surface area (TPSA) is 72.2 Å². The van der Waals surface area contributed by atoms with Crippen LogP contribution >= 0.6 is 11.6 Å². The van der Waals surface area contributed by atoms with Crippen LogP contribution in [0.4, 0.5) is 10.1 Å². The smallest absolute Gasteiger partial charge is 0.242 e. The highest BCUT2D eigenvalue weighted by atomic mass is 35.5. The minimum Gasteiger partial charge on any atom is -0.396 e. The minimum atomic E-state index is -3.82. The summed E-state index contributed by atoms with van der Waals surface area (Å²) in [5.74, 6) is 0.125. The van der Waals surface area contributed by atoms with Crippen molar-refractivity contribution < 1.29 is 12.8 Å². The van der Waals surface area contributed by atoms with Gasteiger partial charge in [-0.05, 0) is 29.9 Å². The van der Waals surface area contributed by atoms with Crippen molar-refractivity contribution in [3.05, 3.63) is 23.0 Å². The fraction of sp³-hybridized carbons (Fsp3) is 0.571. The van der Waals surface area contributed by atoms with Crippen LogP contribution in [0.3, 0.4) is 0 Å². The van der Waals surface area contributed by atoms with Crippen LogP contribution in [-0.4, -0.2) is 15.0 Å². The Morgan fingerprint density at radius 3 is 2.24 bits per heavy atom. The zero-order chi connectivity index (χ0) is 16.4. The van der Waals surface area contributed by atoms with Gasteiger partial charge in [0.25, 0.3) is 0 Å². The third-order valence-electron chi connectivity index (χ3n) is 3.56. The van der Waals surface area contributed by atoms with Crippen LogP contribution in [0.15, 0.2) is 17.0 Å². The molecule has 0 amide bonds. The molecule has 0 aliphatic rings. The fourth-order valence-electron chi connectivity index (χ4n) is 2.28. The SMILES string of the molecule is CC(C)C(CNS(=O)(=O)c1cc(N)c(F)cc1Cl)C(C)C. The van der Waals surface area contributed by atoms with Gasteiger partial charge in [0.15, 0.2) is 0 Å². The molecule has 0 heterocycles. The number of hydrogen-bond acceptors (Lipinski definition) is 3. The molecule has 4 nitrogen and oxygen atoms in total. The van der Waals surface area contributed by atoms with Crippen LogP contribution in [0, 0.1) is 23.6 Å². The monoisotopic (exact) mass is 336 g/mol. The van der Waals surface area contributed by atoms with Crippen molar-refractivity contribution >= 4 is 27.3 Å². The molecule has 0 fully saturated rings. The molecular weight excluding hydrogens is 315 g/mol. The molecule has 1 aromatic rings. The quantitative estimate of drug-likeness (QED) is 0.783. The molecular formula is C14H22ClFN2O2S. The lowest BCUT2D eigenvalue weighted by Gasteiger charge is -2.25. The van der Waals surface area contributed by atoms with E-state index in [9.17, 15) is 12.8 Å². The van der Waals surface area contributed by atoms with Gasteiger partial charge < -0.3 is 5.73 Å². The van der Waals surface area contributed by atoms with E-state index in [0.29, 0.717) is 18.4 Å². The molecule has 7 heteroatoms. The molecule has 0 atom stereocenters. The predicted molar refractivity (Wildman–Crippen MR) is 84.2 cm³/mol. The standard InChI is InChI=1S/C14H22ClFN2O2S/c1-8(2)10(9(3)4)7-18-21(19,20)14-6-13(17)12(16)5-11(14)15/h5-6,8-10,18H,7,17H2,1-4H3. The Labute approximate surface area is 130 Å². The molecule has 0 aliphatic heterocycles. The van der Waals surface area contributed by atoms with E-state index in [1.807, 2.05) is 27.7 Å². The number of sulfonamides is 1. The number of nitrogens with two attached hydrogens (primary N) is 1. The Kier molecular flexibility index (Phi) is 6.01. The average molecular weight is 337 g/mol. The average Bonchev–Trinajstić information content (AvgIpc) is 2.32. The van der Waals surface area contributed by atoms with Crippen molar-refractivity contribution in [1.82, 2.24) is 4.72 Å². The molecule has 120 valence electrons. The van der Waals surface area contributed by atoms with Crippen molar-refractivity contribution in [3.8, 4) is 0 Å². The van der Waals surface area contributed by atoms with Gasteiger partial charge in [0.1, 0.15) is 10.7 Å². The lowest BCUT2D eigenvalue weighted by atomic mass is 9.86. The zero-order valence-corrected chi connectivity index (χ0v) is 14.2. The van der Waals surface area contributed by atoms with Crippen molar-refractivity contribution in [2.24, 2.45) is 17.8 Å². The normalized spacial score (nSPS) is 12.6. The summed E-state index contributed by atoms with van der Waals surface area (Å²) < 4.78 is 40.4. The van der Waals surface area contributed by atoms with E-state index in [1.54, 1.807) is 0 Å². The molecule has 1 rings (SSSR count). The molecule has 0 bridgehead atoms. The van der Waals surface area contributed by atoms with Crippen LogP contribution in [0.25, 0.3) is 0 Å². The van der Waals surface area contributed by atoms with Crippen LogP contribution in [0.1, 0.15) is 27.7 Å². The molecule has 21 heavy (non-hydrogen) atoms. The van der Waals surface area contributed by atoms with Crippen molar-refractivity contribution in [2.75, 3.05) is 12.3 Å². The molecule has 1 aromatic carbocycles. The van der Waals surface area contributed by atoms with Crippen molar-refractivity contribution in [3.63, 3.8) is 0 Å². The summed E-state index contributed by atoms with van der Waals surface area (Å²) in [7, 11) is -3.82. The Bertz CT molecular complexity index is 595.